The van der Waals surface area contributed by atoms with Gasteiger partial charge in [0.25, 0.3) is 0 Å². The highest BCUT2D eigenvalue weighted by Crippen LogP contribution is 2.12. The number of nitrogens with one attached hydrogen (secondary N) is 1. The summed E-state index contributed by atoms with van der Waals surface area (Å²) >= 11 is 3.38. The fourth-order valence-electron chi connectivity index (χ4n) is 1.66. The van der Waals surface area contributed by atoms with Crippen molar-refractivity contribution in [2.24, 2.45) is 5.92 Å². The van der Waals surface area contributed by atoms with Crippen LogP contribution in [0, 0.1) is 5.92 Å². The van der Waals surface area contributed by atoms with E-state index in [4.69, 9.17) is 5.11 Å². The SMILES string of the molecule is CC(CO)CCCNC(=O)Cc1cccc(Br)c1. The van der Waals surface area contributed by atoms with Gasteiger partial charge in [0, 0.05) is 17.6 Å². The van der Waals surface area contributed by atoms with E-state index in [0.717, 1.165) is 22.9 Å². The predicted octanol–water partition coefficient (Wildman–Crippen LogP) is 2.52. The highest BCUT2D eigenvalue weighted by molar-refractivity contribution is 9.10. The van der Waals surface area contributed by atoms with Gasteiger partial charge in [-0.2, -0.15) is 0 Å². The van der Waals surface area contributed by atoms with Crippen LogP contribution in [0.4, 0.5) is 0 Å². The van der Waals surface area contributed by atoms with Crippen LogP contribution in [0.5, 0.6) is 0 Å². The van der Waals surface area contributed by atoms with E-state index in [1.807, 2.05) is 31.2 Å². The molecule has 0 radical (unpaired) electrons. The van der Waals surface area contributed by atoms with Crippen LogP contribution in [0.2, 0.25) is 0 Å². The summed E-state index contributed by atoms with van der Waals surface area (Å²) in [4.78, 5) is 11.7. The fourth-order valence-corrected chi connectivity index (χ4v) is 2.11. The quantitative estimate of drug-likeness (QED) is 0.760. The molecule has 18 heavy (non-hydrogen) atoms. The Balaban J connectivity index is 2.22. The molecule has 0 saturated heterocycles. The van der Waals surface area contributed by atoms with Gasteiger partial charge in [-0.05, 0) is 36.5 Å². The van der Waals surface area contributed by atoms with E-state index in [2.05, 4.69) is 21.2 Å². The standard InChI is InChI=1S/C14H20BrNO2/c1-11(10-17)4-3-7-16-14(18)9-12-5-2-6-13(15)8-12/h2,5-6,8,11,17H,3-4,7,9-10H2,1H3,(H,16,18). The van der Waals surface area contributed by atoms with Crippen molar-refractivity contribution in [3.8, 4) is 0 Å². The van der Waals surface area contributed by atoms with Crippen molar-refractivity contribution in [3.63, 3.8) is 0 Å². The molecule has 1 atom stereocenters. The number of hydrogen-bond donors (Lipinski definition) is 2. The summed E-state index contributed by atoms with van der Waals surface area (Å²) in [5.41, 5.74) is 1.01. The fraction of sp³-hybridized carbons (Fsp3) is 0.500. The maximum atomic E-state index is 11.7. The van der Waals surface area contributed by atoms with E-state index in [0.29, 0.717) is 18.9 Å². The number of halogens is 1. The van der Waals surface area contributed by atoms with Crippen LogP contribution in [0.3, 0.4) is 0 Å². The summed E-state index contributed by atoms with van der Waals surface area (Å²) in [7, 11) is 0. The van der Waals surface area contributed by atoms with Crippen molar-refractivity contribution >= 4 is 21.8 Å². The van der Waals surface area contributed by atoms with Crippen LogP contribution in [0.1, 0.15) is 25.3 Å². The molecule has 1 aromatic carbocycles. The van der Waals surface area contributed by atoms with Gasteiger partial charge >= 0.3 is 0 Å². The minimum Gasteiger partial charge on any atom is -0.396 e. The first kappa shape index (κ1) is 15.2. The summed E-state index contributed by atoms with van der Waals surface area (Å²) < 4.78 is 0.990. The Morgan fingerprint density at radius 2 is 2.28 bits per heavy atom. The highest BCUT2D eigenvalue weighted by atomic mass is 79.9. The zero-order valence-corrected chi connectivity index (χ0v) is 12.2. The van der Waals surface area contributed by atoms with Crippen molar-refractivity contribution in [2.45, 2.75) is 26.2 Å². The largest absolute Gasteiger partial charge is 0.396 e. The van der Waals surface area contributed by atoms with Crippen LogP contribution < -0.4 is 5.32 Å². The number of benzene rings is 1. The van der Waals surface area contributed by atoms with Gasteiger partial charge in [0.15, 0.2) is 0 Å². The van der Waals surface area contributed by atoms with E-state index < -0.39 is 0 Å². The lowest BCUT2D eigenvalue weighted by Crippen LogP contribution is -2.26. The lowest BCUT2D eigenvalue weighted by atomic mass is 10.1. The Bertz CT molecular complexity index is 382. The summed E-state index contributed by atoms with van der Waals surface area (Å²) in [6.07, 6.45) is 2.26. The first-order valence-corrected chi connectivity index (χ1v) is 7.03. The summed E-state index contributed by atoms with van der Waals surface area (Å²) in [5.74, 6) is 0.358. The zero-order valence-electron chi connectivity index (χ0n) is 10.7. The van der Waals surface area contributed by atoms with Crippen molar-refractivity contribution in [3.05, 3.63) is 34.3 Å². The van der Waals surface area contributed by atoms with Crippen LogP contribution in [-0.2, 0) is 11.2 Å². The number of aliphatic hydroxyl groups is 1. The second-order valence-electron chi connectivity index (χ2n) is 4.59. The monoisotopic (exact) mass is 313 g/mol. The van der Waals surface area contributed by atoms with Crippen LogP contribution >= 0.6 is 15.9 Å². The summed E-state index contributed by atoms with van der Waals surface area (Å²) in [5, 5.41) is 11.8. The lowest BCUT2D eigenvalue weighted by Gasteiger charge is -2.08. The molecule has 0 aliphatic carbocycles. The smallest absolute Gasteiger partial charge is 0.224 e. The number of rotatable bonds is 7. The van der Waals surface area contributed by atoms with Crippen molar-refractivity contribution in [1.82, 2.24) is 5.32 Å². The second-order valence-corrected chi connectivity index (χ2v) is 5.50. The number of carbonyl (C=O) groups excluding carboxylic acids is 1. The van der Waals surface area contributed by atoms with E-state index >= 15 is 0 Å². The van der Waals surface area contributed by atoms with Gasteiger partial charge in [-0.25, -0.2) is 0 Å². The maximum absolute atomic E-state index is 11.7. The van der Waals surface area contributed by atoms with Crippen molar-refractivity contribution < 1.29 is 9.90 Å². The minimum absolute atomic E-state index is 0.0461. The van der Waals surface area contributed by atoms with Gasteiger partial charge in [0.05, 0.1) is 6.42 Å². The topological polar surface area (TPSA) is 49.3 Å². The zero-order chi connectivity index (χ0) is 13.4. The minimum atomic E-state index is 0.0461. The van der Waals surface area contributed by atoms with Gasteiger partial charge in [-0.15, -0.1) is 0 Å². The first-order valence-electron chi connectivity index (χ1n) is 6.24. The molecule has 1 rings (SSSR count). The molecule has 3 nitrogen and oxygen atoms in total. The van der Waals surface area contributed by atoms with Crippen LogP contribution in [0.25, 0.3) is 0 Å². The Morgan fingerprint density at radius 1 is 1.50 bits per heavy atom. The average molecular weight is 314 g/mol. The first-order chi connectivity index (χ1) is 8.61. The Labute approximate surface area is 117 Å². The maximum Gasteiger partial charge on any atom is 0.224 e. The van der Waals surface area contributed by atoms with Crippen molar-refractivity contribution in [2.75, 3.05) is 13.2 Å². The molecule has 1 amide bonds. The predicted molar refractivity (Wildman–Crippen MR) is 76.3 cm³/mol. The third-order valence-electron chi connectivity index (χ3n) is 2.76. The molecule has 0 aliphatic rings. The van der Waals surface area contributed by atoms with E-state index in [-0.39, 0.29) is 12.5 Å². The van der Waals surface area contributed by atoms with Gasteiger partial charge in [-0.3, -0.25) is 4.79 Å². The number of aliphatic hydroxyl groups excluding tert-OH is 1. The molecule has 0 fully saturated rings. The molecule has 0 aromatic heterocycles. The second kappa shape index (κ2) is 8.27. The molecular formula is C14H20BrNO2. The number of carbonyl (C=O) groups is 1. The van der Waals surface area contributed by atoms with Gasteiger partial charge < -0.3 is 10.4 Å². The molecule has 0 spiro atoms. The summed E-state index contributed by atoms with van der Waals surface area (Å²) in [6.45, 7) is 2.90. The lowest BCUT2D eigenvalue weighted by molar-refractivity contribution is -0.120. The average Bonchev–Trinajstić information content (AvgIpc) is 2.34. The van der Waals surface area contributed by atoms with E-state index in [1.54, 1.807) is 0 Å². The van der Waals surface area contributed by atoms with Gasteiger partial charge in [-0.1, -0.05) is 35.0 Å². The normalized spacial score (nSPS) is 12.2. The Kier molecular flexibility index (Phi) is 6.98. The molecule has 2 N–H and O–H groups in total. The van der Waals surface area contributed by atoms with Gasteiger partial charge in [0.1, 0.15) is 0 Å². The Morgan fingerprint density at radius 3 is 2.94 bits per heavy atom. The molecule has 0 aliphatic heterocycles. The third kappa shape index (κ3) is 6.17. The molecule has 1 unspecified atom stereocenters. The van der Waals surface area contributed by atoms with E-state index in [1.165, 1.54) is 0 Å². The van der Waals surface area contributed by atoms with Crippen LogP contribution in [0.15, 0.2) is 28.7 Å². The number of amides is 1. The van der Waals surface area contributed by atoms with Gasteiger partial charge in [0.2, 0.25) is 5.91 Å². The molecule has 4 heteroatoms. The molecular weight excluding hydrogens is 294 g/mol. The molecule has 0 heterocycles. The molecule has 0 bridgehead atoms. The molecule has 1 aromatic rings. The van der Waals surface area contributed by atoms with Crippen molar-refractivity contribution in [1.29, 1.82) is 0 Å². The van der Waals surface area contributed by atoms with E-state index in [9.17, 15) is 4.79 Å². The number of hydrogen-bond acceptors (Lipinski definition) is 2. The third-order valence-corrected chi connectivity index (χ3v) is 3.25. The van der Waals surface area contributed by atoms with Crippen LogP contribution in [-0.4, -0.2) is 24.2 Å². The Hall–Kier alpha value is -0.870. The molecule has 100 valence electrons. The molecule has 0 saturated carbocycles. The highest BCUT2D eigenvalue weighted by Gasteiger charge is 2.04. The summed E-state index contributed by atoms with van der Waals surface area (Å²) in [6, 6.07) is 7.76.